The number of nitrogens with zero attached hydrogens (tertiary/aromatic N) is 2. The lowest BCUT2D eigenvalue weighted by Gasteiger charge is -2.09. The lowest BCUT2D eigenvalue weighted by molar-refractivity contribution is 0.509. The molecule has 0 spiro atoms. The molecule has 116 valence electrons. The van der Waals surface area contributed by atoms with Gasteiger partial charge in [-0.15, -0.1) is 0 Å². The molecule has 0 aliphatic heterocycles. The van der Waals surface area contributed by atoms with E-state index < -0.39 is 11.6 Å². The summed E-state index contributed by atoms with van der Waals surface area (Å²) in [7, 11) is 0. The Kier molecular flexibility index (Phi) is 4.47. The molecule has 0 radical (unpaired) electrons. The second kappa shape index (κ2) is 6.70. The van der Waals surface area contributed by atoms with Crippen molar-refractivity contribution in [3.05, 3.63) is 71.0 Å². The fourth-order valence-electron chi connectivity index (χ4n) is 1.90. The Morgan fingerprint density at radius 1 is 0.739 bits per heavy atom. The largest absolute Gasteiger partial charge is 0.340 e. The van der Waals surface area contributed by atoms with E-state index in [9.17, 15) is 8.78 Å². The van der Waals surface area contributed by atoms with E-state index in [2.05, 4.69) is 36.5 Å². The fourth-order valence-corrected chi connectivity index (χ4v) is 2.16. The van der Waals surface area contributed by atoms with Crippen molar-refractivity contribution < 1.29 is 8.78 Å². The van der Waals surface area contributed by atoms with E-state index in [-0.39, 0.29) is 0 Å². The molecule has 2 aromatic carbocycles. The minimum Gasteiger partial charge on any atom is -0.340 e. The van der Waals surface area contributed by atoms with Crippen LogP contribution in [0.4, 0.5) is 31.8 Å². The molecule has 0 atom stereocenters. The number of hydrogen-bond acceptors (Lipinski definition) is 4. The van der Waals surface area contributed by atoms with Crippen molar-refractivity contribution in [1.82, 2.24) is 9.97 Å². The Labute approximate surface area is 139 Å². The maximum atomic E-state index is 13.2. The molecule has 2 N–H and O–H groups in total. The summed E-state index contributed by atoms with van der Waals surface area (Å²) in [6.07, 6.45) is 1.38. The predicted molar refractivity (Wildman–Crippen MR) is 89.1 cm³/mol. The van der Waals surface area contributed by atoms with E-state index in [4.69, 9.17) is 0 Å². The number of aromatic nitrogens is 2. The van der Waals surface area contributed by atoms with Crippen LogP contribution in [0.15, 0.2) is 59.3 Å². The van der Waals surface area contributed by atoms with Gasteiger partial charge < -0.3 is 10.6 Å². The van der Waals surface area contributed by atoms with Crippen LogP contribution in [0, 0.1) is 11.6 Å². The van der Waals surface area contributed by atoms with Gasteiger partial charge in [0.05, 0.1) is 0 Å². The summed E-state index contributed by atoms with van der Waals surface area (Å²) in [5, 5.41) is 6.03. The predicted octanol–water partition coefficient (Wildman–Crippen LogP) is 5.00. The SMILES string of the molecule is Fc1ccc(Nc2cc(Nc3ccc(Br)cc3)ncn2)cc1F. The minimum atomic E-state index is -0.919. The molecule has 0 saturated heterocycles. The van der Waals surface area contributed by atoms with Gasteiger partial charge in [-0.1, -0.05) is 15.9 Å². The Balaban J connectivity index is 1.76. The van der Waals surface area contributed by atoms with Crippen LogP contribution in [-0.4, -0.2) is 9.97 Å². The molecule has 0 unspecified atom stereocenters. The third-order valence-corrected chi connectivity index (χ3v) is 3.50. The van der Waals surface area contributed by atoms with E-state index in [1.54, 1.807) is 6.07 Å². The van der Waals surface area contributed by atoms with Crippen molar-refractivity contribution >= 4 is 38.9 Å². The molecule has 1 aromatic heterocycles. The van der Waals surface area contributed by atoms with E-state index >= 15 is 0 Å². The molecule has 0 aliphatic rings. The number of hydrogen-bond donors (Lipinski definition) is 2. The van der Waals surface area contributed by atoms with E-state index in [1.165, 1.54) is 12.4 Å². The Morgan fingerprint density at radius 3 is 2.00 bits per heavy atom. The van der Waals surface area contributed by atoms with Gasteiger partial charge in [0.15, 0.2) is 11.6 Å². The van der Waals surface area contributed by atoms with Crippen molar-refractivity contribution in [2.24, 2.45) is 0 Å². The normalized spacial score (nSPS) is 10.4. The third-order valence-electron chi connectivity index (χ3n) is 2.98. The molecular weight excluding hydrogens is 366 g/mol. The number of anilines is 4. The summed E-state index contributed by atoms with van der Waals surface area (Å²) in [5.41, 5.74) is 1.27. The van der Waals surface area contributed by atoms with Crippen LogP contribution < -0.4 is 10.6 Å². The third kappa shape index (κ3) is 4.01. The quantitative estimate of drug-likeness (QED) is 0.672. The van der Waals surface area contributed by atoms with Gasteiger partial charge in [0.1, 0.15) is 18.0 Å². The number of rotatable bonds is 4. The lowest BCUT2D eigenvalue weighted by Crippen LogP contribution is -1.99. The van der Waals surface area contributed by atoms with E-state index in [0.717, 1.165) is 22.3 Å². The highest BCUT2D eigenvalue weighted by atomic mass is 79.9. The van der Waals surface area contributed by atoms with Gasteiger partial charge in [-0.05, 0) is 36.4 Å². The first-order chi connectivity index (χ1) is 11.1. The lowest BCUT2D eigenvalue weighted by atomic mass is 10.3. The molecule has 0 amide bonds. The van der Waals surface area contributed by atoms with Gasteiger partial charge in [0, 0.05) is 28.0 Å². The van der Waals surface area contributed by atoms with Crippen LogP contribution >= 0.6 is 15.9 Å². The summed E-state index contributed by atoms with van der Waals surface area (Å²) in [6.45, 7) is 0. The zero-order valence-corrected chi connectivity index (χ0v) is 13.3. The Hall–Kier alpha value is -2.54. The van der Waals surface area contributed by atoms with Crippen molar-refractivity contribution in [3.63, 3.8) is 0 Å². The summed E-state index contributed by atoms with van der Waals surface area (Å²) < 4.78 is 27.1. The number of halogens is 3. The molecule has 3 aromatic rings. The van der Waals surface area contributed by atoms with Crippen molar-refractivity contribution in [1.29, 1.82) is 0 Å². The smallest absolute Gasteiger partial charge is 0.160 e. The molecular formula is C16H11BrF2N4. The second-order valence-corrected chi connectivity index (χ2v) is 5.59. The summed E-state index contributed by atoms with van der Waals surface area (Å²) >= 11 is 3.37. The van der Waals surface area contributed by atoms with Gasteiger partial charge in [-0.2, -0.15) is 0 Å². The average Bonchev–Trinajstić information content (AvgIpc) is 2.54. The maximum absolute atomic E-state index is 13.2. The molecule has 0 bridgehead atoms. The standard InChI is InChI=1S/C16H11BrF2N4/c17-10-1-3-11(4-2-10)22-15-8-16(21-9-20-15)23-12-5-6-13(18)14(19)7-12/h1-9H,(H2,20,21,22,23). The maximum Gasteiger partial charge on any atom is 0.160 e. The average molecular weight is 377 g/mol. The molecule has 1 heterocycles. The van der Waals surface area contributed by atoms with Crippen LogP contribution in [-0.2, 0) is 0 Å². The van der Waals surface area contributed by atoms with Gasteiger partial charge >= 0.3 is 0 Å². The summed E-state index contributed by atoms with van der Waals surface area (Å²) in [6, 6.07) is 12.8. The molecule has 23 heavy (non-hydrogen) atoms. The molecule has 3 rings (SSSR count). The zero-order chi connectivity index (χ0) is 16.2. The van der Waals surface area contributed by atoms with Crippen LogP contribution in [0.1, 0.15) is 0 Å². The van der Waals surface area contributed by atoms with Crippen molar-refractivity contribution in [3.8, 4) is 0 Å². The van der Waals surface area contributed by atoms with E-state index in [1.807, 2.05) is 24.3 Å². The fraction of sp³-hybridized carbons (Fsp3) is 0. The number of nitrogens with one attached hydrogen (secondary N) is 2. The molecule has 0 aliphatic carbocycles. The van der Waals surface area contributed by atoms with Crippen LogP contribution in [0.25, 0.3) is 0 Å². The monoisotopic (exact) mass is 376 g/mol. The Bertz CT molecular complexity index is 825. The van der Waals surface area contributed by atoms with Gasteiger partial charge in [0.25, 0.3) is 0 Å². The van der Waals surface area contributed by atoms with Crippen LogP contribution in [0.3, 0.4) is 0 Å². The van der Waals surface area contributed by atoms with Crippen LogP contribution in [0.2, 0.25) is 0 Å². The highest BCUT2D eigenvalue weighted by Gasteiger charge is 2.04. The van der Waals surface area contributed by atoms with Gasteiger partial charge in [-0.3, -0.25) is 0 Å². The van der Waals surface area contributed by atoms with Crippen LogP contribution in [0.5, 0.6) is 0 Å². The Morgan fingerprint density at radius 2 is 1.35 bits per heavy atom. The summed E-state index contributed by atoms with van der Waals surface area (Å²) in [4.78, 5) is 8.18. The molecule has 0 fully saturated rings. The first-order valence-corrected chi connectivity index (χ1v) is 7.46. The molecule has 4 nitrogen and oxygen atoms in total. The van der Waals surface area contributed by atoms with Gasteiger partial charge in [0.2, 0.25) is 0 Å². The topological polar surface area (TPSA) is 49.8 Å². The van der Waals surface area contributed by atoms with Crippen molar-refractivity contribution in [2.75, 3.05) is 10.6 Å². The molecule has 0 saturated carbocycles. The van der Waals surface area contributed by atoms with Crippen molar-refractivity contribution in [2.45, 2.75) is 0 Å². The first kappa shape index (κ1) is 15.4. The first-order valence-electron chi connectivity index (χ1n) is 6.67. The highest BCUT2D eigenvalue weighted by Crippen LogP contribution is 2.21. The summed E-state index contributed by atoms with van der Waals surface area (Å²) in [5.74, 6) is -0.772. The highest BCUT2D eigenvalue weighted by molar-refractivity contribution is 9.10. The molecule has 7 heteroatoms. The number of benzene rings is 2. The minimum absolute atomic E-state index is 0.400. The zero-order valence-electron chi connectivity index (χ0n) is 11.7. The van der Waals surface area contributed by atoms with Gasteiger partial charge in [-0.25, -0.2) is 18.7 Å². The second-order valence-electron chi connectivity index (χ2n) is 4.67. The van der Waals surface area contributed by atoms with E-state index in [0.29, 0.717) is 17.3 Å².